The number of ether oxygens (including phenoxy) is 1. The maximum atomic E-state index is 12.3. The molecule has 3 rings (SSSR count). The van der Waals surface area contributed by atoms with Crippen molar-refractivity contribution >= 4 is 23.6 Å². The standard InChI is InChI=1S/C19H27N5O2S/c1-5-15-8-6-7-9-16(15)24-18(23-10-12-26-13-11-23)20-21-19(24)27-14(2)17(25)22(3)4/h6-9,14H,5,10-13H2,1-4H3/t14-/m0/s1. The number of aromatic nitrogens is 3. The summed E-state index contributed by atoms with van der Waals surface area (Å²) in [5, 5.41) is 9.43. The zero-order valence-electron chi connectivity index (χ0n) is 16.4. The van der Waals surface area contributed by atoms with Gasteiger partial charge in [0.05, 0.1) is 24.2 Å². The first-order valence-electron chi connectivity index (χ1n) is 9.27. The summed E-state index contributed by atoms with van der Waals surface area (Å²) in [5.74, 6) is 0.873. The molecule has 1 saturated heterocycles. The molecule has 1 aliphatic heterocycles. The van der Waals surface area contributed by atoms with E-state index in [2.05, 4.69) is 38.7 Å². The summed E-state index contributed by atoms with van der Waals surface area (Å²) in [7, 11) is 3.55. The lowest BCUT2D eigenvalue weighted by Crippen LogP contribution is -2.38. The Balaban J connectivity index is 2.03. The summed E-state index contributed by atoms with van der Waals surface area (Å²) in [6.07, 6.45) is 0.910. The van der Waals surface area contributed by atoms with Gasteiger partial charge in [0.15, 0.2) is 5.16 Å². The van der Waals surface area contributed by atoms with Crippen molar-refractivity contribution in [3.8, 4) is 5.69 Å². The Morgan fingerprint density at radius 1 is 1.26 bits per heavy atom. The summed E-state index contributed by atoms with van der Waals surface area (Å²) in [6.45, 7) is 6.97. The molecule has 27 heavy (non-hydrogen) atoms. The van der Waals surface area contributed by atoms with E-state index in [-0.39, 0.29) is 11.2 Å². The highest BCUT2D eigenvalue weighted by Crippen LogP contribution is 2.31. The van der Waals surface area contributed by atoms with Crippen molar-refractivity contribution in [2.45, 2.75) is 30.7 Å². The fourth-order valence-electron chi connectivity index (χ4n) is 3.12. The number of amides is 1. The molecule has 0 N–H and O–H groups in total. The molecule has 0 aliphatic carbocycles. The smallest absolute Gasteiger partial charge is 0.235 e. The van der Waals surface area contributed by atoms with Crippen molar-refractivity contribution in [3.05, 3.63) is 29.8 Å². The zero-order chi connectivity index (χ0) is 19.4. The number of morpholine rings is 1. The number of carbonyl (C=O) groups is 1. The summed E-state index contributed by atoms with van der Waals surface area (Å²) < 4.78 is 7.58. The number of benzene rings is 1. The molecule has 0 bridgehead atoms. The number of carbonyl (C=O) groups excluding carboxylic acids is 1. The molecule has 146 valence electrons. The highest BCUT2D eigenvalue weighted by molar-refractivity contribution is 8.00. The molecular formula is C19H27N5O2S. The maximum Gasteiger partial charge on any atom is 0.235 e. The van der Waals surface area contributed by atoms with E-state index in [1.54, 1.807) is 19.0 Å². The van der Waals surface area contributed by atoms with E-state index >= 15 is 0 Å². The molecule has 8 heteroatoms. The molecule has 2 heterocycles. The SMILES string of the molecule is CCc1ccccc1-n1c(S[C@@H](C)C(=O)N(C)C)nnc1N1CCOCC1. The minimum atomic E-state index is -0.241. The highest BCUT2D eigenvalue weighted by atomic mass is 32.2. The number of rotatable bonds is 6. The summed E-state index contributed by atoms with van der Waals surface area (Å²) in [6, 6.07) is 8.29. The lowest BCUT2D eigenvalue weighted by Gasteiger charge is -2.28. The van der Waals surface area contributed by atoms with E-state index in [1.807, 2.05) is 19.1 Å². The van der Waals surface area contributed by atoms with Crippen molar-refractivity contribution in [1.29, 1.82) is 0 Å². The van der Waals surface area contributed by atoms with Gasteiger partial charge in [0.2, 0.25) is 11.9 Å². The lowest BCUT2D eigenvalue weighted by molar-refractivity contribution is -0.127. The van der Waals surface area contributed by atoms with Crippen LogP contribution in [0.2, 0.25) is 0 Å². The van der Waals surface area contributed by atoms with Crippen molar-refractivity contribution < 1.29 is 9.53 Å². The Morgan fingerprint density at radius 2 is 1.96 bits per heavy atom. The first-order chi connectivity index (χ1) is 13.0. The molecule has 1 aromatic carbocycles. The third kappa shape index (κ3) is 4.27. The molecule has 1 aliphatic rings. The predicted molar refractivity (Wildman–Crippen MR) is 108 cm³/mol. The second-order valence-electron chi connectivity index (χ2n) is 6.69. The van der Waals surface area contributed by atoms with Gasteiger partial charge in [-0.3, -0.25) is 9.36 Å². The minimum Gasteiger partial charge on any atom is -0.378 e. The predicted octanol–water partition coefficient (Wildman–Crippen LogP) is 2.24. The molecule has 7 nitrogen and oxygen atoms in total. The summed E-state index contributed by atoms with van der Waals surface area (Å²) >= 11 is 1.45. The Morgan fingerprint density at radius 3 is 2.63 bits per heavy atom. The van der Waals surface area contributed by atoms with Gasteiger partial charge in [0.25, 0.3) is 0 Å². The van der Waals surface area contributed by atoms with Crippen LogP contribution in [0.3, 0.4) is 0 Å². The average Bonchev–Trinajstić information content (AvgIpc) is 3.11. The second-order valence-corrected chi connectivity index (χ2v) is 8.00. The highest BCUT2D eigenvalue weighted by Gasteiger charge is 2.26. The number of anilines is 1. The van der Waals surface area contributed by atoms with Gasteiger partial charge in [-0.2, -0.15) is 0 Å². The molecular weight excluding hydrogens is 362 g/mol. The van der Waals surface area contributed by atoms with Crippen LogP contribution in [0.25, 0.3) is 5.69 Å². The minimum absolute atomic E-state index is 0.0613. The van der Waals surface area contributed by atoms with E-state index < -0.39 is 0 Å². The van der Waals surface area contributed by atoms with E-state index in [4.69, 9.17) is 4.74 Å². The first-order valence-corrected chi connectivity index (χ1v) is 10.1. The Hall–Kier alpha value is -2.06. The van der Waals surface area contributed by atoms with Crippen molar-refractivity contribution in [2.24, 2.45) is 0 Å². The van der Waals surface area contributed by atoms with Gasteiger partial charge < -0.3 is 14.5 Å². The topological polar surface area (TPSA) is 63.5 Å². The second kappa shape index (κ2) is 8.75. The van der Waals surface area contributed by atoms with Gasteiger partial charge in [-0.05, 0) is 25.0 Å². The molecule has 0 saturated carbocycles. The number of nitrogens with zero attached hydrogens (tertiary/aromatic N) is 5. The number of hydrogen-bond donors (Lipinski definition) is 0. The molecule has 1 atom stereocenters. The summed E-state index contributed by atoms with van der Waals surface area (Å²) in [4.78, 5) is 16.2. The number of para-hydroxylation sites is 1. The fraction of sp³-hybridized carbons (Fsp3) is 0.526. The van der Waals surface area contributed by atoms with E-state index in [9.17, 15) is 4.79 Å². The van der Waals surface area contributed by atoms with Gasteiger partial charge in [0.1, 0.15) is 0 Å². The monoisotopic (exact) mass is 389 g/mol. The van der Waals surface area contributed by atoms with E-state index in [1.165, 1.54) is 17.3 Å². The lowest BCUT2D eigenvalue weighted by atomic mass is 10.1. The van der Waals surface area contributed by atoms with E-state index in [0.29, 0.717) is 13.2 Å². The van der Waals surface area contributed by atoms with Crippen LogP contribution in [0.4, 0.5) is 5.95 Å². The number of hydrogen-bond acceptors (Lipinski definition) is 6. The van der Waals surface area contributed by atoms with Gasteiger partial charge in [0, 0.05) is 27.2 Å². The first kappa shape index (κ1) is 19.7. The van der Waals surface area contributed by atoms with Crippen LogP contribution in [-0.4, -0.2) is 71.2 Å². The van der Waals surface area contributed by atoms with Crippen LogP contribution in [0, 0.1) is 0 Å². The normalized spacial score (nSPS) is 15.6. The van der Waals surface area contributed by atoms with E-state index in [0.717, 1.165) is 36.3 Å². The van der Waals surface area contributed by atoms with Crippen LogP contribution in [0.1, 0.15) is 19.4 Å². The molecule has 0 unspecified atom stereocenters. The third-order valence-electron chi connectivity index (χ3n) is 4.59. The van der Waals surface area contributed by atoms with Crippen LogP contribution in [-0.2, 0) is 16.0 Å². The van der Waals surface area contributed by atoms with Gasteiger partial charge in [-0.25, -0.2) is 0 Å². The van der Waals surface area contributed by atoms with Crippen LogP contribution in [0.15, 0.2) is 29.4 Å². The quantitative estimate of drug-likeness (QED) is 0.706. The van der Waals surface area contributed by atoms with Gasteiger partial charge >= 0.3 is 0 Å². The average molecular weight is 390 g/mol. The van der Waals surface area contributed by atoms with Crippen LogP contribution < -0.4 is 4.90 Å². The molecule has 1 amide bonds. The zero-order valence-corrected chi connectivity index (χ0v) is 17.2. The van der Waals surface area contributed by atoms with Crippen LogP contribution in [0.5, 0.6) is 0 Å². The van der Waals surface area contributed by atoms with Crippen molar-refractivity contribution in [2.75, 3.05) is 45.3 Å². The molecule has 0 spiro atoms. The fourth-order valence-corrected chi connectivity index (χ4v) is 4.12. The van der Waals surface area contributed by atoms with Crippen molar-refractivity contribution in [1.82, 2.24) is 19.7 Å². The Labute approximate surface area is 164 Å². The summed E-state index contributed by atoms with van der Waals surface area (Å²) in [5.41, 5.74) is 2.29. The van der Waals surface area contributed by atoms with Crippen molar-refractivity contribution in [3.63, 3.8) is 0 Å². The van der Waals surface area contributed by atoms with Gasteiger partial charge in [-0.1, -0.05) is 36.9 Å². The maximum absolute atomic E-state index is 12.3. The largest absolute Gasteiger partial charge is 0.378 e. The molecule has 1 aromatic heterocycles. The van der Waals surface area contributed by atoms with Gasteiger partial charge in [-0.15, -0.1) is 10.2 Å². The number of aryl methyl sites for hydroxylation is 1. The third-order valence-corrected chi connectivity index (χ3v) is 5.62. The molecule has 1 fully saturated rings. The van der Waals surface area contributed by atoms with Crippen LogP contribution >= 0.6 is 11.8 Å². The molecule has 0 radical (unpaired) electrons. The molecule has 2 aromatic rings. The Kier molecular flexibility index (Phi) is 6.38. The number of thioether (sulfide) groups is 1. The Bertz CT molecular complexity index is 786.